The summed E-state index contributed by atoms with van der Waals surface area (Å²) in [4.78, 5) is 22.2. The molecule has 1 aromatic carbocycles. The smallest absolute Gasteiger partial charge is 0.301 e. The molecule has 0 amide bonds. The molecule has 15 heavy (non-hydrogen) atoms. The third kappa shape index (κ3) is 1.37. The van der Waals surface area contributed by atoms with E-state index in [1.807, 2.05) is 0 Å². The molecule has 78 valence electrons. The van der Waals surface area contributed by atoms with Gasteiger partial charge in [-0.2, -0.15) is 0 Å². The number of hydrogen-bond donors (Lipinski definition) is 0. The number of carbonyl (C=O) groups is 1. The summed E-state index contributed by atoms with van der Waals surface area (Å²) in [6.07, 6.45) is 0.685. The Morgan fingerprint density at radius 3 is 2.87 bits per heavy atom. The van der Waals surface area contributed by atoms with Gasteiger partial charge in [0.05, 0.1) is 22.6 Å². The fraction of sp³-hybridized carbons (Fsp3) is 0.200. The normalized spacial score (nSPS) is 10.8. The summed E-state index contributed by atoms with van der Waals surface area (Å²) in [5, 5.41) is 0.479. The molecule has 0 spiro atoms. The highest BCUT2D eigenvalue weighted by molar-refractivity contribution is 6.35. The molecule has 0 aliphatic rings. The lowest BCUT2D eigenvalue weighted by atomic mass is 10.3. The van der Waals surface area contributed by atoms with Crippen molar-refractivity contribution in [2.24, 2.45) is 7.05 Å². The molecule has 5 heteroatoms. The van der Waals surface area contributed by atoms with E-state index < -0.39 is 0 Å². The lowest BCUT2D eigenvalue weighted by Gasteiger charge is -1.98. The van der Waals surface area contributed by atoms with Crippen LogP contribution in [0.4, 0.5) is 0 Å². The number of benzene rings is 1. The molecule has 0 unspecified atom stereocenters. The van der Waals surface area contributed by atoms with Gasteiger partial charge in [0.2, 0.25) is 0 Å². The minimum Gasteiger partial charge on any atom is -0.301 e. The molecule has 1 aromatic heterocycles. The summed E-state index contributed by atoms with van der Waals surface area (Å²) in [5.41, 5.74) is 1.11. The van der Waals surface area contributed by atoms with Gasteiger partial charge < -0.3 is 4.79 Å². The number of rotatable bonds is 2. The van der Waals surface area contributed by atoms with Crippen LogP contribution in [0.1, 0.15) is 0 Å². The first-order valence-electron chi connectivity index (χ1n) is 4.44. The van der Waals surface area contributed by atoms with Gasteiger partial charge in [0.25, 0.3) is 0 Å². The molecule has 0 fully saturated rings. The van der Waals surface area contributed by atoms with Crippen LogP contribution in [0.2, 0.25) is 5.02 Å². The molecular formula is C10H9ClN2O2. The number of para-hydroxylation sites is 1. The Bertz CT molecular complexity index is 583. The van der Waals surface area contributed by atoms with Crippen molar-refractivity contribution in [3.05, 3.63) is 33.7 Å². The second-order valence-electron chi connectivity index (χ2n) is 3.23. The Balaban J connectivity index is 2.95. The van der Waals surface area contributed by atoms with E-state index in [2.05, 4.69) is 0 Å². The number of fused-ring (bicyclic) bond motifs is 1. The SMILES string of the molecule is Cn1c(=O)n(CC=O)c2c(Cl)cccc21. The molecule has 4 nitrogen and oxygen atoms in total. The third-order valence-corrected chi connectivity index (χ3v) is 2.68. The molecule has 1 heterocycles. The highest BCUT2D eigenvalue weighted by atomic mass is 35.5. The van der Waals surface area contributed by atoms with Crippen molar-refractivity contribution in [3.8, 4) is 0 Å². The van der Waals surface area contributed by atoms with Crippen LogP contribution in [-0.4, -0.2) is 15.4 Å². The molecule has 0 radical (unpaired) electrons. The molecule has 0 bridgehead atoms. The van der Waals surface area contributed by atoms with Crippen molar-refractivity contribution in [2.45, 2.75) is 6.54 Å². The van der Waals surface area contributed by atoms with Crippen LogP contribution < -0.4 is 5.69 Å². The quantitative estimate of drug-likeness (QED) is 0.720. The summed E-state index contributed by atoms with van der Waals surface area (Å²) < 4.78 is 2.84. The average Bonchev–Trinajstić information content (AvgIpc) is 2.46. The van der Waals surface area contributed by atoms with E-state index in [1.54, 1.807) is 25.2 Å². The Morgan fingerprint density at radius 1 is 1.47 bits per heavy atom. The van der Waals surface area contributed by atoms with Gasteiger partial charge in [-0.25, -0.2) is 4.79 Å². The molecule has 0 saturated carbocycles. The van der Waals surface area contributed by atoms with Crippen LogP contribution in [0.15, 0.2) is 23.0 Å². The molecule has 2 aromatic rings. The first kappa shape index (κ1) is 9.98. The number of aryl methyl sites for hydroxylation is 1. The predicted molar refractivity (Wildman–Crippen MR) is 58.3 cm³/mol. The molecule has 0 N–H and O–H groups in total. The minimum atomic E-state index is -0.231. The third-order valence-electron chi connectivity index (χ3n) is 2.37. The highest BCUT2D eigenvalue weighted by Crippen LogP contribution is 2.21. The molecule has 0 atom stereocenters. The fourth-order valence-electron chi connectivity index (χ4n) is 1.67. The summed E-state index contributed by atoms with van der Waals surface area (Å²) in [6.45, 7) is 0.0277. The van der Waals surface area contributed by atoms with Crippen molar-refractivity contribution in [2.75, 3.05) is 0 Å². The number of imidazole rings is 1. The van der Waals surface area contributed by atoms with E-state index in [9.17, 15) is 9.59 Å². The van der Waals surface area contributed by atoms with Gasteiger partial charge in [0.1, 0.15) is 6.29 Å². The van der Waals surface area contributed by atoms with Gasteiger partial charge in [0, 0.05) is 7.05 Å². The second kappa shape index (κ2) is 3.55. The number of halogens is 1. The molecule has 2 rings (SSSR count). The van der Waals surface area contributed by atoms with Gasteiger partial charge in [-0.05, 0) is 12.1 Å². The Kier molecular flexibility index (Phi) is 2.36. The van der Waals surface area contributed by atoms with Crippen molar-refractivity contribution >= 4 is 28.9 Å². The topological polar surface area (TPSA) is 44.0 Å². The highest BCUT2D eigenvalue weighted by Gasteiger charge is 2.12. The summed E-state index contributed by atoms with van der Waals surface area (Å²) in [6, 6.07) is 5.27. The monoisotopic (exact) mass is 224 g/mol. The van der Waals surface area contributed by atoms with Gasteiger partial charge in [-0.1, -0.05) is 17.7 Å². The van der Waals surface area contributed by atoms with Gasteiger partial charge in [-0.3, -0.25) is 9.13 Å². The maximum Gasteiger partial charge on any atom is 0.329 e. The zero-order valence-corrected chi connectivity index (χ0v) is 8.86. The Hall–Kier alpha value is -1.55. The lowest BCUT2D eigenvalue weighted by molar-refractivity contribution is -0.108. The summed E-state index contributed by atoms with van der Waals surface area (Å²) >= 11 is 5.99. The van der Waals surface area contributed by atoms with E-state index >= 15 is 0 Å². The fourth-order valence-corrected chi connectivity index (χ4v) is 1.94. The molecule has 0 aliphatic carbocycles. The lowest BCUT2D eigenvalue weighted by Crippen LogP contribution is -2.22. The Morgan fingerprint density at radius 2 is 2.20 bits per heavy atom. The van der Waals surface area contributed by atoms with Gasteiger partial charge in [-0.15, -0.1) is 0 Å². The van der Waals surface area contributed by atoms with Crippen LogP contribution in [0, 0.1) is 0 Å². The number of hydrogen-bond acceptors (Lipinski definition) is 2. The number of carbonyl (C=O) groups excluding carboxylic acids is 1. The van der Waals surface area contributed by atoms with E-state index in [-0.39, 0.29) is 12.2 Å². The molecule has 0 aliphatic heterocycles. The maximum absolute atomic E-state index is 11.7. The summed E-state index contributed by atoms with van der Waals surface area (Å²) in [7, 11) is 1.66. The average molecular weight is 225 g/mol. The van der Waals surface area contributed by atoms with Crippen LogP contribution in [0.3, 0.4) is 0 Å². The van der Waals surface area contributed by atoms with Crippen molar-refractivity contribution in [1.29, 1.82) is 0 Å². The predicted octanol–water partition coefficient (Wildman–Crippen LogP) is 1.19. The number of aromatic nitrogens is 2. The van der Waals surface area contributed by atoms with E-state index in [1.165, 1.54) is 9.13 Å². The zero-order valence-electron chi connectivity index (χ0n) is 8.11. The first-order valence-corrected chi connectivity index (χ1v) is 4.82. The van der Waals surface area contributed by atoms with Gasteiger partial charge >= 0.3 is 5.69 Å². The van der Waals surface area contributed by atoms with Crippen molar-refractivity contribution in [3.63, 3.8) is 0 Å². The van der Waals surface area contributed by atoms with Crippen LogP contribution >= 0.6 is 11.6 Å². The number of nitrogens with zero attached hydrogens (tertiary/aromatic N) is 2. The second-order valence-corrected chi connectivity index (χ2v) is 3.63. The van der Waals surface area contributed by atoms with Gasteiger partial charge in [0.15, 0.2) is 0 Å². The standard InChI is InChI=1S/C10H9ClN2O2/c1-12-8-4-2-3-7(11)9(8)13(5-6-14)10(12)15/h2-4,6H,5H2,1H3. The zero-order chi connectivity index (χ0) is 11.0. The Labute approximate surface area is 90.7 Å². The summed E-state index contributed by atoms with van der Waals surface area (Å²) in [5.74, 6) is 0. The maximum atomic E-state index is 11.7. The van der Waals surface area contributed by atoms with Crippen LogP contribution in [0.25, 0.3) is 11.0 Å². The first-order chi connectivity index (χ1) is 7.16. The van der Waals surface area contributed by atoms with Crippen LogP contribution in [0.5, 0.6) is 0 Å². The largest absolute Gasteiger partial charge is 0.329 e. The van der Waals surface area contributed by atoms with E-state index in [0.717, 1.165) is 5.52 Å². The van der Waals surface area contributed by atoms with E-state index in [0.29, 0.717) is 16.8 Å². The van der Waals surface area contributed by atoms with Crippen molar-refractivity contribution in [1.82, 2.24) is 9.13 Å². The minimum absolute atomic E-state index is 0.0277. The van der Waals surface area contributed by atoms with Crippen LogP contribution in [-0.2, 0) is 18.4 Å². The molecule has 0 saturated heterocycles. The number of aldehydes is 1. The van der Waals surface area contributed by atoms with E-state index in [4.69, 9.17) is 11.6 Å². The molecular weight excluding hydrogens is 216 g/mol. The van der Waals surface area contributed by atoms with Crippen molar-refractivity contribution < 1.29 is 4.79 Å².